The molecule has 0 aliphatic heterocycles. The van der Waals surface area contributed by atoms with Crippen LogP contribution in [0.5, 0.6) is 11.5 Å². The Morgan fingerprint density at radius 1 is 1.06 bits per heavy atom. The number of aromatic nitrogens is 1. The highest BCUT2D eigenvalue weighted by Crippen LogP contribution is 2.33. The molecule has 0 radical (unpaired) electrons. The first-order chi connectivity index (χ1) is 15.5. The summed E-state index contributed by atoms with van der Waals surface area (Å²) in [5, 5.41) is 2.55. The lowest BCUT2D eigenvalue weighted by Crippen LogP contribution is -2.31. The number of carbonyl (C=O) groups is 2. The van der Waals surface area contributed by atoms with Crippen molar-refractivity contribution in [1.82, 2.24) is 10.3 Å². The highest BCUT2D eigenvalue weighted by Gasteiger charge is 2.21. The molecule has 166 valence electrons. The van der Waals surface area contributed by atoms with Gasteiger partial charge in [0, 0.05) is 17.3 Å². The lowest BCUT2D eigenvalue weighted by Gasteiger charge is -2.17. The molecule has 32 heavy (non-hydrogen) atoms. The Morgan fingerprint density at radius 2 is 1.84 bits per heavy atom. The fourth-order valence-electron chi connectivity index (χ4n) is 3.18. The predicted octanol–water partition coefficient (Wildman–Crippen LogP) is 3.94. The van der Waals surface area contributed by atoms with Gasteiger partial charge in [0.2, 0.25) is 0 Å². The molecule has 1 heterocycles. The molecule has 0 aliphatic rings. The minimum Gasteiger partial charge on any atom is -0.497 e. The summed E-state index contributed by atoms with van der Waals surface area (Å²) in [5.41, 5.74) is 3.52. The van der Waals surface area contributed by atoms with E-state index in [4.69, 9.17) is 14.2 Å². The first kappa shape index (κ1) is 22.8. The lowest BCUT2D eigenvalue weighted by molar-refractivity contribution is -0.141. The second kappa shape index (κ2) is 10.9. The molecule has 0 aliphatic carbocycles. The number of esters is 1. The van der Waals surface area contributed by atoms with Gasteiger partial charge < -0.3 is 19.5 Å². The van der Waals surface area contributed by atoms with Crippen molar-refractivity contribution in [1.29, 1.82) is 0 Å². The van der Waals surface area contributed by atoms with E-state index in [9.17, 15) is 9.59 Å². The van der Waals surface area contributed by atoms with Crippen LogP contribution in [0.3, 0.4) is 0 Å². The molecule has 7 nitrogen and oxygen atoms in total. The first-order valence-electron chi connectivity index (χ1n) is 10.3. The zero-order valence-electron chi connectivity index (χ0n) is 18.4. The van der Waals surface area contributed by atoms with E-state index in [1.165, 1.54) is 0 Å². The summed E-state index contributed by atoms with van der Waals surface area (Å²) in [5.74, 6) is 0.0409. The van der Waals surface area contributed by atoms with Gasteiger partial charge in [0.15, 0.2) is 11.4 Å². The van der Waals surface area contributed by atoms with E-state index in [1.807, 2.05) is 61.5 Å². The Kier molecular flexibility index (Phi) is 7.80. The molecule has 0 fully saturated rings. The van der Waals surface area contributed by atoms with Gasteiger partial charge in [0.1, 0.15) is 18.9 Å². The van der Waals surface area contributed by atoms with Gasteiger partial charge in [-0.3, -0.25) is 9.59 Å². The molecule has 0 bridgehead atoms. The third-order valence-corrected chi connectivity index (χ3v) is 4.80. The summed E-state index contributed by atoms with van der Waals surface area (Å²) in [6.07, 6.45) is 1.62. The summed E-state index contributed by atoms with van der Waals surface area (Å²) >= 11 is 0. The van der Waals surface area contributed by atoms with E-state index in [-0.39, 0.29) is 25.5 Å². The van der Waals surface area contributed by atoms with Crippen LogP contribution in [0.4, 0.5) is 0 Å². The number of methoxy groups -OCH3 is 1. The monoisotopic (exact) mass is 434 g/mol. The van der Waals surface area contributed by atoms with Crippen molar-refractivity contribution < 1.29 is 23.8 Å². The number of nitrogens with zero attached hydrogens (tertiary/aromatic N) is 1. The normalized spacial score (nSPS) is 10.3. The number of rotatable bonds is 9. The number of benzene rings is 2. The van der Waals surface area contributed by atoms with Crippen LogP contribution in [0.2, 0.25) is 0 Å². The van der Waals surface area contributed by atoms with Gasteiger partial charge >= 0.3 is 5.97 Å². The summed E-state index contributed by atoms with van der Waals surface area (Å²) < 4.78 is 16.3. The van der Waals surface area contributed by atoms with Gasteiger partial charge in [0.05, 0.1) is 13.7 Å². The van der Waals surface area contributed by atoms with Crippen molar-refractivity contribution in [3.8, 4) is 22.6 Å². The fraction of sp³-hybridized carbons (Fsp3) is 0.240. The molecule has 0 saturated heterocycles. The largest absolute Gasteiger partial charge is 0.497 e. The summed E-state index contributed by atoms with van der Waals surface area (Å²) in [6, 6.07) is 17.2. The van der Waals surface area contributed by atoms with E-state index < -0.39 is 11.9 Å². The summed E-state index contributed by atoms with van der Waals surface area (Å²) in [7, 11) is 1.61. The van der Waals surface area contributed by atoms with E-state index in [0.717, 1.165) is 22.3 Å². The molecule has 7 heteroatoms. The second-order valence-electron chi connectivity index (χ2n) is 6.97. The van der Waals surface area contributed by atoms with Crippen LogP contribution in [0.15, 0.2) is 60.8 Å². The van der Waals surface area contributed by atoms with Crippen molar-refractivity contribution >= 4 is 11.9 Å². The third kappa shape index (κ3) is 5.63. The molecule has 1 aromatic heterocycles. The van der Waals surface area contributed by atoms with Crippen LogP contribution < -0.4 is 14.8 Å². The molecule has 1 amide bonds. The van der Waals surface area contributed by atoms with Crippen LogP contribution in [0.1, 0.15) is 28.5 Å². The van der Waals surface area contributed by atoms with Crippen molar-refractivity contribution in [3.05, 3.63) is 77.6 Å². The predicted molar refractivity (Wildman–Crippen MR) is 121 cm³/mol. The topological polar surface area (TPSA) is 86.8 Å². The number of nitrogens with one attached hydrogen (secondary N) is 1. The number of carbonyl (C=O) groups excluding carboxylic acids is 2. The standard InChI is InChI=1S/C25H26N2O5/c1-4-31-22(28)15-27-25(29)23-24(32-16-18-9-6-5-7-10-18)17(2)21(14-26-23)19-11-8-12-20(13-19)30-3/h5-14H,4,15-16H2,1-3H3,(H,27,29). The highest BCUT2D eigenvalue weighted by atomic mass is 16.5. The van der Waals surface area contributed by atoms with Gasteiger partial charge in [-0.1, -0.05) is 42.5 Å². The van der Waals surface area contributed by atoms with E-state index in [2.05, 4.69) is 10.3 Å². The van der Waals surface area contributed by atoms with E-state index in [0.29, 0.717) is 11.5 Å². The Morgan fingerprint density at radius 3 is 2.56 bits per heavy atom. The molecule has 0 spiro atoms. The van der Waals surface area contributed by atoms with Crippen LogP contribution in [-0.2, 0) is 16.1 Å². The first-order valence-corrected chi connectivity index (χ1v) is 10.3. The Hall–Kier alpha value is -3.87. The second-order valence-corrected chi connectivity index (χ2v) is 6.97. The maximum Gasteiger partial charge on any atom is 0.325 e. The highest BCUT2D eigenvalue weighted by molar-refractivity contribution is 5.97. The smallest absolute Gasteiger partial charge is 0.325 e. The van der Waals surface area contributed by atoms with Gasteiger partial charge in [-0.05, 0) is 37.1 Å². The van der Waals surface area contributed by atoms with Gasteiger partial charge in [-0.2, -0.15) is 0 Å². The molecule has 0 atom stereocenters. The van der Waals surface area contributed by atoms with Gasteiger partial charge in [0.25, 0.3) is 5.91 Å². The molecule has 2 aromatic carbocycles. The van der Waals surface area contributed by atoms with E-state index >= 15 is 0 Å². The van der Waals surface area contributed by atoms with Crippen molar-refractivity contribution in [2.75, 3.05) is 20.3 Å². The molecule has 0 unspecified atom stereocenters. The van der Waals surface area contributed by atoms with Crippen LogP contribution in [-0.4, -0.2) is 37.1 Å². The molecule has 3 rings (SSSR count). The quantitative estimate of drug-likeness (QED) is 0.514. The van der Waals surface area contributed by atoms with Crippen LogP contribution >= 0.6 is 0 Å². The van der Waals surface area contributed by atoms with Crippen molar-refractivity contribution in [2.24, 2.45) is 0 Å². The van der Waals surface area contributed by atoms with Gasteiger partial charge in [-0.25, -0.2) is 4.98 Å². The zero-order valence-corrected chi connectivity index (χ0v) is 18.4. The van der Waals surface area contributed by atoms with Crippen LogP contribution in [0.25, 0.3) is 11.1 Å². The Bertz CT molecular complexity index is 1080. The maximum absolute atomic E-state index is 12.8. The SMILES string of the molecule is CCOC(=O)CNC(=O)c1ncc(-c2cccc(OC)c2)c(C)c1OCc1ccccc1. The molecule has 1 N–H and O–H groups in total. The zero-order chi connectivity index (χ0) is 22.9. The summed E-state index contributed by atoms with van der Waals surface area (Å²) in [6.45, 7) is 3.84. The average molecular weight is 434 g/mol. The number of hydrogen-bond acceptors (Lipinski definition) is 6. The molecular formula is C25H26N2O5. The molecule has 3 aromatic rings. The van der Waals surface area contributed by atoms with Crippen molar-refractivity contribution in [3.63, 3.8) is 0 Å². The Balaban J connectivity index is 1.95. The molecular weight excluding hydrogens is 408 g/mol. The molecule has 0 saturated carbocycles. The number of amides is 1. The maximum atomic E-state index is 12.8. The Labute approximate surface area is 187 Å². The fourth-order valence-corrected chi connectivity index (χ4v) is 3.18. The van der Waals surface area contributed by atoms with Gasteiger partial charge in [-0.15, -0.1) is 0 Å². The van der Waals surface area contributed by atoms with Crippen molar-refractivity contribution in [2.45, 2.75) is 20.5 Å². The van der Waals surface area contributed by atoms with E-state index in [1.54, 1.807) is 20.2 Å². The minimum atomic E-state index is -0.516. The third-order valence-electron chi connectivity index (χ3n) is 4.80. The summed E-state index contributed by atoms with van der Waals surface area (Å²) in [4.78, 5) is 28.8. The number of hydrogen-bond donors (Lipinski definition) is 1. The average Bonchev–Trinajstić information content (AvgIpc) is 2.82. The number of pyridine rings is 1. The van der Waals surface area contributed by atoms with Crippen LogP contribution in [0, 0.1) is 6.92 Å². The lowest BCUT2D eigenvalue weighted by atomic mass is 10.0. The number of ether oxygens (including phenoxy) is 3. The minimum absolute atomic E-state index is 0.106.